The van der Waals surface area contributed by atoms with Gasteiger partial charge in [-0.3, -0.25) is 0 Å². The summed E-state index contributed by atoms with van der Waals surface area (Å²) in [6.07, 6.45) is 0. The molecule has 1 aromatic heterocycles. The number of nitrogens with zero attached hydrogens (tertiary/aromatic N) is 1. The largest absolute Gasteiger partial charge is 0.308 e. The first-order chi connectivity index (χ1) is 7.72. The smallest absolute Gasteiger partial charge is 0.123 e. The Balaban J connectivity index is 2.44. The molecule has 0 spiro atoms. The van der Waals surface area contributed by atoms with Crippen LogP contribution in [0, 0.1) is 12.7 Å². The van der Waals surface area contributed by atoms with Gasteiger partial charge in [0.05, 0.1) is 17.2 Å². The Morgan fingerprint density at radius 1 is 1.44 bits per heavy atom. The molecule has 2 aromatic rings. The maximum absolute atomic E-state index is 13.2. The second kappa shape index (κ2) is 4.72. The normalized spacial score (nSPS) is 12.7. The molecule has 0 saturated carbocycles. The average molecular weight is 236 g/mol. The van der Waals surface area contributed by atoms with E-state index in [0.29, 0.717) is 0 Å². The van der Waals surface area contributed by atoms with Crippen LogP contribution in [0.2, 0.25) is 0 Å². The maximum Gasteiger partial charge on any atom is 0.123 e. The second-order valence-corrected chi connectivity index (χ2v) is 4.35. The summed E-state index contributed by atoms with van der Waals surface area (Å²) in [6.45, 7) is 1.98. The zero-order valence-electron chi connectivity index (χ0n) is 9.20. The molecule has 2 rings (SSSR count). The van der Waals surface area contributed by atoms with Crippen LogP contribution in [0.5, 0.6) is 0 Å². The molecule has 1 heterocycles. The second-order valence-electron chi connectivity index (χ2n) is 3.64. The van der Waals surface area contributed by atoms with Crippen LogP contribution < -0.4 is 5.32 Å². The van der Waals surface area contributed by atoms with Crippen LogP contribution in [0.4, 0.5) is 4.39 Å². The Kier molecular flexibility index (Phi) is 3.31. The van der Waals surface area contributed by atoms with Gasteiger partial charge >= 0.3 is 0 Å². The van der Waals surface area contributed by atoms with Gasteiger partial charge < -0.3 is 5.32 Å². The molecule has 1 atom stereocenters. The number of nitrogens with one attached hydrogen (secondary N) is 1. The van der Waals surface area contributed by atoms with Gasteiger partial charge in [0.15, 0.2) is 0 Å². The summed E-state index contributed by atoms with van der Waals surface area (Å²) < 4.78 is 13.2. The van der Waals surface area contributed by atoms with E-state index in [1.165, 1.54) is 6.07 Å². The molecule has 4 heteroatoms. The van der Waals surface area contributed by atoms with E-state index in [0.717, 1.165) is 16.8 Å². The van der Waals surface area contributed by atoms with Gasteiger partial charge in [-0.2, -0.15) is 0 Å². The Bertz CT molecular complexity index is 468. The summed E-state index contributed by atoms with van der Waals surface area (Å²) in [5, 5.41) is 5.14. The Labute approximate surface area is 98.2 Å². The maximum atomic E-state index is 13.2. The van der Waals surface area contributed by atoms with Crippen LogP contribution >= 0.6 is 11.3 Å². The highest BCUT2D eigenvalue weighted by molar-refractivity contribution is 7.07. The van der Waals surface area contributed by atoms with Crippen molar-refractivity contribution in [3.05, 3.63) is 51.7 Å². The lowest BCUT2D eigenvalue weighted by Gasteiger charge is -2.16. The van der Waals surface area contributed by atoms with E-state index in [4.69, 9.17) is 0 Å². The van der Waals surface area contributed by atoms with Crippen molar-refractivity contribution >= 4 is 11.3 Å². The molecular formula is C12H13FN2S. The predicted molar refractivity (Wildman–Crippen MR) is 64.2 cm³/mol. The van der Waals surface area contributed by atoms with Gasteiger partial charge in [-0.15, -0.1) is 11.3 Å². The Morgan fingerprint density at radius 3 is 2.88 bits per heavy atom. The molecule has 1 unspecified atom stereocenters. The molecule has 2 nitrogen and oxygen atoms in total. The van der Waals surface area contributed by atoms with E-state index >= 15 is 0 Å². The number of rotatable bonds is 3. The van der Waals surface area contributed by atoms with Gasteiger partial charge in [0.1, 0.15) is 5.82 Å². The highest BCUT2D eigenvalue weighted by atomic mass is 32.1. The number of benzene rings is 1. The van der Waals surface area contributed by atoms with Gasteiger partial charge in [-0.25, -0.2) is 9.37 Å². The van der Waals surface area contributed by atoms with Crippen molar-refractivity contribution in [1.29, 1.82) is 0 Å². The molecule has 0 radical (unpaired) electrons. The minimum Gasteiger partial charge on any atom is -0.308 e. The molecule has 1 N–H and O–H groups in total. The van der Waals surface area contributed by atoms with Gasteiger partial charge in [-0.1, -0.05) is 6.07 Å². The van der Waals surface area contributed by atoms with Crippen molar-refractivity contribution in [2.24, 2.45) is 0 Å². The number of aromatic nitrogens is 1. The highest BCUT2D eigenvalue weighted by Crippen LogP contribution is 2.25. The Morgan fingerprint density at radius 2 is 2.25 bits per heavy atom. The van der Waals surface area contributed by atoms with E-state index in [-0.39, 0.29) is 11.9 Å². The third-order valence-corrected chi connectivity index (χ3v) is 3.19. The lowest BCUT2D eigenvalue weighted by Crippen LogP contribution is -2.19. The van der Waals surface area contributed by atoms with Gasteiger partial charge in [-0.05, 0) is 37.2 Å². The molecule has 0 aliphatic rings. The fourth-order valence-electron chi connectivity index (χ4n) is 1.75. The lowest BCUT2D eigenvalue weighted by molar-refractivity contribution is 0.612. The van der Waals surface area contributed by atoms with Crippen LogP contribution in [0.25, 0.3) is 0 Å². The van der Waals surface area contributed by atoms with Gasteiger partial charge in [0.2, 0.25) is 0 Å². The van der Waals surface area contributed by atoms with E-state index in [1.807, 2.05) is 19.4 Å². The molecule has 0 bridgehead atoms. The molecule has 1 aromatic carbocycles. The van der Waals surface area contributed by atoms with Crippen molar-refractivity contribution in [2.75, 3.05) is 7.05 Å². The standard InChI is InChI=1S/C12H13FN2S/c1-8-3-4-9(13)5-10(8)12(14-2)11-6-16-7-15-11/h3-7,12,14H,1-2H3. The molecule has 84 valence electrons. The summed E-state index contributed by atoms with van der Waals surface area (Å²) in [5.74, 6) is -0.212. The first-order valence-electron chi connectivity index (χ1n) is 5.03. The number of halogens is 1. The third-order valence-electron chi connectivity index (χ3n) is 2.59. The van der Waals surface area contributed by atoms with Crippen molar-refractivity contribution in [3.63, 3.8) is 0 Å². The highest BCUT2D eigenvalue weighted by Gasteiger charge is 2.16. The van der Waals surface area contributed by atoms with E-state index in [9.17, 15) is 4.39 Å². The molecule has 0 fully saturated rings. The quantitative estimate of drug-likeness (QED) is 0.886. The van der Waals surface area contributed by atoms with Gasteiger partial charge in [0.25, 0.3) is 0 Å². The first-order valence-corrected chi connectivity index (χ1v) is 5.98. The monoisotopic (exact) mass is 236 g/mol. The van der Waals surface area contributed by atoms with Gasteiger partial charge in [0, 0.05) is 5.38 Å². The Hall–Kier alpha value is -1.26. The van der Waals surface area contributed by atoms with E-state index in [1.54, 1.807) is 29.0 Å². The number of aryl methyl sites for hydroxylation is 1. The van der Waals surface area contributed by atoms with E-state index < -0.39 is 0 Å². The van der Waals surface area contributed by atoms with Crippen molar-refractivity contribution in [2.45, 2.75) is 13.0 Å². The summed E-state index contributed by atoms with van der Waals surface area (Å²) in [7, 11) is 1.86. The molecular weight excluding hydrogens is 223 g/mol. The van der Waals surface area contributed by atoms with Crippen LogP contribution in [0.1, 0.15) is 22.9 Å². The molecule has 0 aliphatic carbocycles. The van der Waals surface area contributed by atoms with Crippen LogP contribution in [0.15, 0.2) is 29.1 Å². The van der Waals surface area contributed by atoms with Crippen molar-refractivity contribution in [3.8, 4) is 0 Å². The summed E-state index contributed by atoms with van der Waals surface area (Å²) in [5.41, 5.74) is 4.72. The van der Waals surface area contributed by atoms with E-state index in [2.05, 4.69) is 10.3 Å². The van der Waals surface area contributed by atoms with Crippen LogP contribution in [0.3, 0.4) is 0 Å². The summed E-state index contributed by atoms with van der Waals surface area (Å²) in [4.78, 5) is 4.27. The fourth-order valence-corrected chi connectivity index (χ4v) is 2.33. The van der Waals surface area contributed by atoms with Crippen molar-refractivity contribution in [1.82, 2.24) is 10.3 Å². The molecule has 0 aliphatic heterocycles. The van der Waals surface area contributed by atoms with Crippen LogP contribution in [-0.4, -0.2) is 12.0 Å². The number of hydrogen-bond acceptors (Lipinski definition) is 3. The fraction of sp³-hybridized carbons (Fsp3) is 0.250. The van der Waals surface area contributed by atoms with Crippen LogP contribution in [-0.2, 0) is 0 Å². The summed E-state index contributed by atoms with van der Waals surface area (Å²) in [6, 6.07) is 4.80. The molecule has 0 saturated heterocycles. The zero-order chi connectivity index (χ0) is 11.5. The molecule has 16 heavy (non-hydrogen) atoms. The lowest BCUT2D eigenvalue weighted by atomic mass is 9.99. The number of hydrogen-bond donors (Lipinski definition) is 1. The average Bonchev–Trinajstić information content (AvgIpc) is 2.78. The van der Waals surface area contributed by atoms with Crippen molar-refractivity contribution < 1.29 is 4.39 Å². The summed E-state index contributed by atoms with van der Waals surface area (Å²) >= 11 is 1.54. The SMILES string of the molecule is CNC(c1cscn1)c1cc(F)ccc1C. The molecule has 0 amide bonds. The first kappa shape index (κ1) is 11.2. The minimum absolute atomic E-state index is 0.0399. The predicted octanol–water partition coefficient (Wildman–Crippen LogP) is 2.90. The zero-order valence-corrected chi connectivity index (χ0v) is 10.0. The minimum atomic E-state index is -0.212. The number of thiazole rings is 1. The third kappa shape index (κ3) is 2.13. The topological polar surface area (TPSA) is 24.9 Å².